The summed E-state index contributed by atoms with van der Waals surface area (Å²) in [5, 5.41) is 0. The summed E-state index contributed by atoms with van der Waals surface area (Å²) in [5.74, 6) is 1.09. The summed E-state index contributed by atoms with van der Waals surface area (Å²) in [6, 6.07) is 0. The Morgan fingerprint density at radius 2 is 1.80 bits per heavy atom. The molecule has 0 aromatic carbocycles. The second kappa shape index (κ2) is 0.270. The van der Waals surface area contributed by atoms with Crippen LogP contribution in [0.4, 0.5) is 0 Å². The second-order valence-electron chi connectivity index (χ2n) is 2.47. The van der Waals surface area contributed by atoms with E-state index in [0.29, 0.717) is 5.41 Å². The van der Waals surface area contributed by atoms with Gasteiger partial charge in [0.1, 0.15) is 5.41 Å². The van der Waals surface area contributed by atoms with Gasteiger partial charge in [-0.05, 0) is 0 Å². The third kappa shape index (κ3) is 0.0960. The third-order valence-electron chi connectivity index (χ3n) is 1.85. The van der Waals surface area contributed by atoms with Gasteiger partial charge in [-0.3, -0.25) is 0 Å². The zero-order chi connectivity index (χ0) is 3.49. The topological polar surface area (TPSA) is 0 Å². The summed E-state index contributed by atoms with van der Waals surface area (Å²) in [6.07, 6.45) is 2.88. The molecule has 0 aromatic heterocycles. The van der Waals surface area contributed by atoms with Crippen LogP contribution >= 0.6 is 0 Å². The number of hydrogen-bond donors (Lipinski definition) is 0. The Kier molecular flexibility index (Phi) is 0.114. The molecule has 0 saturated heterocycles. The maximum absolute atomic E-state index is 3.96. The van der Waals surface area contributed by atoms with Crippen LogP contribution in [0.3, 0.4) is 0 Å². The highest BCUT2D eigenvalue weighted by Gasteiger charge is 2.73. The lowest BCUT2D eigenvalue weighted by molar-refractivity contribution is 0.794. The Morgan fingerprint density at radius 3 is 1.80 bits per heavy atom. The molecule has 0 aromatic rings. The zero-order valence-corrected chi connectivity index (χ0v) is 3.20. The first kappa shape index (κ1) is 2.12. The fourth-order valence-corrected chi connectivity index (χ4v) is 0.804. The summed E-state index contributed by atoms with van der Waals surface area (Å²) < 4.78 is 0. The molecule has 0 heterocycles. The fourth-order valence-electron chi connectivity index (χ4n) is 0.804. The van der Waals surface area contributed by atoms with Crippen LogP contribution in [0.2, 0.25) is 0 Å². The second-order valence-corrected chi connectivity index (χ2v) is 2.47. The molecular formula is C5H7+. The molecule has 2 fully saturated rings. The van der Waals surface area contributed by atoms with E-state index in [1.807, 2.05) is 0 Å². The van der Waals surface area contributed by atoms with Gasteiger partial charge in [0, 0.05) is 18.8 Å². The van der Waals surface area contributed by atoms with Crippen molar-refractivity contribution in [2.75, 3.05) is 0 Å². The minimum atomic E-state index is 0.667. The minimum Gasteiger partial charge on any atom is 0.00101 e. The van der Waals surface area contributed by atoms with Crippen LogP contribution in [0.25, 0.3) is 0 Å². The van der Waals surface area contributed by atoms with Gasteiger partial charge >= 0.3 is 0 Å². The molecule has 2 rings (SSSR count). The summed E-state index contributed by atoms with van der Waals surface area (Å²) in [5.41, 5.74) is 0.667. The highest BCUT2D eigenvalue weighted by Crippen LogP contribution is 2.74. The van der Waals surface area contributed by atoms with Crippen LogP contribution in [-0.4, -0.2) is 0 Å². The van der Waals surface area contributed by atoms with Crippen LogP contribution < -0.4 is 0 Å². The first-order valence-corrected chi connectivity index (χ1v) is 2.17. The molecule has 26 valence electrons. The average molecular weight is 67.1 g/mol. The van der Waals surface area contributed by atoms with Crippen LogP contribution in [-0.2, 0) is 0 Å². The molecule has 0 bridgehead atoms. The van der Waals surface area contributed by atoms with Crippen molar-refractivity contribution in [1.82, 2.24) is 0 Å². The van der Waals surface area contributed by atoms with Crippen molar-refractivity contribution >= 4 is 0 Å². The van der Waals surface area contributed by atoms with Gasteiger partial charge in [0.2, 0.25) is 0 Å². The maximum Gasteiger partial charge on any atom is 0.109 e. The van der Waals surface area contributed by atoms with E-state index in [1.165, 1.54) is 12.8 Å². The van der Waals surface area contributed by atoms with Crippen molar-refractivity contribution in [3.05, 3.63) is 6.92 Å². The Labute approximate surface area is 32.2 Å². The molecule has 0 aliphatic heterocycles. The van der Waals surface area contributed by atoms with Crippen LogP contribution in [0.15, 0.2) is 0 Å². The van der Waals surface area contributed by atoms with Crippen molar-refractivity contribution in [3.63, 3.8) is 0 Å². The summed E-state index contributed by atoms with van der Waals surface area (Å²) >= 11 is 0. The molecule has 0 unspecified atom stereocenters. The average Bonchev–Trinajstić information content (AvgIpc) is 1.74. The van der Waals surface area contributed by atoms with Gasteiger partial charge in [-0.25, -0.2) is 0 Å². The van der Waals surface area contributed by atoms with Crippen molar-refractivity contribution in [1.29, 1.82) is 0 Å². The zero-order valence-electron chi connectivity index (χ0n) is 3.20. The molecule has 0 heteroatoms. The van der Waals surface area contributed by atoms with Crippen molar-refractivity contribution < 1.29 is 0 Å². The van der Waals surface area contributed by atoms with E-state index in [-0.39, 0.29) is 0 Å². The van der Waals surface area contributed by atoms with Gasteiger partial charge in [-0.15, -0.1) is 0 Å². The van der Waals surface area contributed by atoms with Crippen molar-refractivity contribution in [3.8, 4) is 0 Å². The Morgan fingerprint density at radius 1 is 1.60 bits per heavy atom. The lowest BCUT2D eigenvalue weighted by Gasteiger charge is -1.70. The van der Waals surface area contributed by atoms with Gasteiger partial charge in [0.15, 0.2) is 0 Å². The molecule has 0 radical (unpaired) electrons. The third-order valence-corrected chi connectivity index (χ3v) is 1.85. The van der Waals surface area contributed by atoms with Gasteiger partial charge in [-0.2, -0.15) is 0 Å². The van der Waals surface area contributed by atoms with Gasteiger partial charge < -0.3 is 0 Å². The Bertz CT molecular complexity index is 68.1. The predicted octanol–water partition coefficient (Wildman–Crippen LogP) is 1.23. The summed E-state index contributed by atoms with van der Waals surface area (Å²) in [7, 11) is 0. The van der Waals surface area contributed by atoms with E-state index in [2.05, 4.69) is 6.92 Å². The predicted molar refractivity (Wildman–Crippen MR) is 20.5 cm³/mol. The molecular weight excluding hydrogens is 60.1 g/mol. The number of fused-ring (bicyclic) bond motifs is 1. The van der Waals surface area contributed by atoms with Crippen LogP contribution in [0.5, 0.6) is 0 Å². The highest BCUT2D eigenvalue weighted by atomic mass is 14.7. The smallest absolute Gasteiger partial charge is 0.00101 e. The molecule has 0 amide bonds. The van der Waals surface area contributed by atoms with E-state index in [0.717, 1.165) is 5.92 Å². The lowest BCUT2D eigenvalue weighted by atomic mass is 10.3. The first-order valence-electron chi connectivity index (χ1n) is 2.17. The summed E-state index contributed by atoms with van der Waals surface area (Å²) in [4.78, 5) is 0. The van der Waals surface area contributed by atoms with Gasteiger partial charge in [-0.1, -0.05) is 0 Å². The molecule has 2 aliphatic rings. The standard InChI is InChI=1S/C5H7/c1-5-2-4(5)3-5/h4H,1-3H2/q+1. The van der Waals surface area contributed by atoms with Gasteiger partial charge in [0.05, 0.1) is 6.92 Å². The quantitative estimate of drug-likeness (QED) is 0.374. The van der Waals surface area contributed by atoms with E-state index in [1.54, 1.807) is 0 Å². The maximum atomic E-state index is 3.96. The molecule has 0 spiro atoms. The van der Waals surface area contributed by atoms with Crippen LogP contribution in [0, 0.1) is 18.3 Å². The van der Waals surface area contributed by atoms with Crippen molar-refractivity contribution in [2.45, 2.75) is 12.8 Å². The largest absolute Gasteiger partial charge is 0.109 e. The van der Waals surface area contributed by atoms with Crippen molar-refractivity contribution in [2.24, 2.45) is 11.3 Å². The van der Waals surface area contributed by atoms with Gasteiger partial charge in [0.25, 0.3) is 0 Å². The lowest BCUT2D eigenvalue weighted by Crippen LogP contribution is -1.68. The van der Waals surface area contributed by atoms with E-state index >= 15 is 0 Å². The molecule has 5 heavy (non-hydrogen) atoms. The monoisotopic (exact) mass is 67.1 g/mol. The highest BCUT2D eigenvalue weighted by molar-refractivity contribution is 5.20. The molecule has 2 aliphatic carbocycles. The Balaban J connectivity index is 2.37. The van der Waals surface area contributed by atoms with Crippen LogP contribution in [0.1, 0.15) is 12.8 Å². The minimum absolute atomic E-state index is 0.667. The van der Waals surface area contributed by atoms with E-state index in [4.69, 9.17) is 0 Å². The molecule has 0 N–H and O–H groups in total. The molecule has 0 atom stereocenters. The number of rotatable bonds is 0. The Hall–Kier alpha value is -0.130. The first-order chi connectivity index (χ1) is 2.31. The molecule has 0 nitrogen and oxygen atoms in total. The fraction of sp³-hybridized carbons (Fsp3) is 0.800. The van der Waals surface area contributed by atoms with E-state index in [9.17, 15) is 0 Å². The van der Waals surface area contributed by atoms with E-state index < -0.39 is 0 Å². The number of hydrogen-bond acceptors (Lipinski definition) is 0. The normalized spacial score (nSPS) is 70.0. The SMILES string of the molecule is [CH2+]C12CC1C2. The molecule has 2 saturated carbocycles. The summed E-state index contributed by atoms with van der Waals surface area (Å²) in [6.45, 7) is 3.96.